The number of aliphatic hydroxyl groups is 7. The normalized spacial score (nSPS) is 41.1. The molecule has 2 aromatic rings. The SMILES string of the molecule is COC(=O)CNC(=O)[C@@H](OC)[C@@H]1Cc2cc3cc(OC4CC(OC5CC(O)C(O)C(C)O5)C(O)C(C)O4)c(C)c(O)c3c(O)c2C(=O)[C@H]1OC1CC(OC2CC(OC3CC(C)(O)C(O)C(C)O3)C(O)C(C)O2)C(O)C(C)O1. The first kappa shape index (κ1) is 59.2. The van der Waals surface area contributed by atoms with Gasteiger partial charge in [-0.15, -0.1) is 0 Å². The van der Waals surface area contributed by atoms with Crippen molar-refractivity contribution < 1.29 is 117 Å². The zero-order chi connectivity index (χ0) is 56.1. The Bertz CT molecular complexity index is 2410. The molecule has 0 spiro atoms. The summed E-state index contributed by atoms with van der Waals surface area (Å²) in [4.78, 5) is 41.0. The Balaban J connectivity index is 1.04. The number of Topliss-reactive ketones (excluding diaryl/α,β-unsaturated/α-hetero) is 1. The van der Waals surface area contributed by atoms with E-state index in [4.69, 9.17) is 56.8 Å². The Hall–Kier alpha value is -3.97. The van der Waals surface area contributed by atoms with Crippen molar-refractivity contribution in [3.63, 3.8) is 0 Å². The van der Waals surface area contributed by atoms with Crippen LogP contribution in [0.3, 0.4) is 0 Å². The van der Waals surface area contributed by atoms with E-state index in [9.17, 15) is 55.5 Å². The summed E-state index contributed by atoms with van der Waals surface area (Å²) in [5, 5.41) is 102. The number of aliphatic hydroxyl groups excluding tert-OH is 6. The Kier molecular flexibility index (Phi) is 18.4. The summed E-state index contributed by atoms with van der Waals surface area (Å²) in [5.41, 5.74) is -1.40. The zero-order valence-corrected chi connectivity index (χ0v) is 44.5. The third-order valence-corrected chi connectivity index (χ3v) is 15.7. The lowest BCUT2D eigenvalue weighted by molar-refractivity contribution is -0.334. The highest BCUT2D eigenvalue weighted by Gasteiger charge is 2.51. The maximum Gasteiger partial charge on any atom is 0.325 e. The lowest BCUT2D eigenvalue weighted by Gasteiger charge is -2.46. The molecule has 1 amide bonds. The summed E-state index contributed by atoms with van der Waals surface area (Å²) < 4.78 is 71.4. The number of ketones is 1. The fourth-order valence-corrected chi connectivity index (χ4v) is 11.2. The first-order valence-corrected chi connectivity index (χ1v) is 26.1. The zero-order valence-electron chi connectivity index (χ0n) is 44.5. The van der Waals surface area contributed by atoms with Gasteiger partial charge >= 0.3 is 5.97 Å². The van der Waals surface area contributed by atoms with Gasteiger partial charge in [0, 0.05) is 50.7 Å². The summed E-state index contributed by atoms with van der Waals surface area (Å²) >= 11 is 0. The van der Waals surface area contributed by atoms with Crippen LogP contribution in [0.2, 0.25) is 0 Å². The minimum Gasteiger partial charge on any atom is -0.507 e. The second-order valence-electron chi connectivity index (χ2n) is 21.4. The smallest absolute Gasteiger partial charge is 0.325 e. The number of carbonyl (C=O) groups is 3. The first-order valence-electron chi connectivity index (χ1n) is 26.1. The standard InChI is InChI=1S/C52H75NO24/c1-19-29(73-35-14-30(43(58)21(3)69-35)74-34-13-28(54)42(57)20(2)68-34)12-26-10-25-11-27(49(67-9)51(64)53-18-33(55)66-8)48(47(62)40(25)46(61)39(26)41(19)56)77-37-16-31(44(59)23(5)71-37)75-36-15-32(45(60)22(4)70-36)76-38-17-52(7,65)50(63)24(6)72-38/h10,12,20-24,27-28,30-32,34-38,42-45,48-50,54,56-61,63,65H,11,13-18H2,1-9H3,(H,53,64)/t20?,21?,22?,23?,24?,27-,28?,30?,31?,32?,34?,35?,36?,37?,38?,42?,43?,44?,45?,48+,49+,50?,52?/m1/s1. The summed E-state index contributed by atoms with van der Waals surface area (Å²) in [6.07, 6.45) is -23.1. The number of carbonyl (C=O) groups excluding carboxylic acids is 3. The number of aromatic hydroxyl groups is 2. The van der Waals surface area contributed by atoms with Crippen LogP contribution >= 0.6 is 0 Å². The minimum absolute atomic E-state index is 0.0308. The van der Waals surface area contributed by atoms with Gasteiger partial charge in [0.2, 0.25) is 12.2 Å². The molecule has 5 heterocycles. The number of hydrogen-bond acceptors (Lipinski definition) is 24. The fraction of sp³-hybridized carbons (Fsp3) is 0.750. The van der Waals surface area contributed by atoms with E-state index in [0.717, 1.165) is 7.11 Å². The quantitative estimate of drug-likeness (QED) is 0.103. The highest BCUT2D eigenvalue weighted by molar-refractivity contribution is 6.11. The molecule has 5 fully saturated rings. The molecular formula is C52H75NO24. The highest BCUT2D eigenvalue weighted by Crippen LogP contribution is 2.47. The molecule has 432 valence electrons. The fourth-order valence-electron chi connectivity index (χ4n) is 11.2. The van der Waals surface area contributed by atoms with Gasteiger partial charge in [-0.1, -0.05) is 0 Å². The summed E-state index contributed by atoms with van der Waals surface area (Å²) in [6, 6.07) is 3.07. The molecule has 0 radical (unpaired) electrons. The Morgan fingerprint density at radius 1 is 0.701 bits per heavy atom. The number of hydrogen-bond donors (Lipinski definition) is 10. The van der Waals surface area contributed by atoms with Crippen molar-refractivity contribution >= 4 is 28.4 Å². The van der Waals surface area contributed by atoms with Crippen LogP contribution < -0.4 is 10.1 Å². The van der Waals surface area contributed by atoms with Crippen LogP contribution in [0.25, 0.3) is 10.8 Å². The van der Waals surface area contributed by atoms with E-state index in [1.165, 1.54) is 27.0 Å². The molecule has 25 heteroatoms. The Morgan fingerprint density at radius 3 is 1.75 bits per heavy atom. The number of fused-ring (bicyclic) bond motifs is 2. The van der Waals surface area contributed by atoms with Gasteiger partial charge in [-0.05, 0) is 78.0 Å². The van der Waals surface area contributed by atoms with Crippen molar-refractivity contribution in [2.24, 2.45) is 5.92 Å². The summed E-state index contributed by atoms with van der Waals surface area (Å²) in [7, 11) is 2.37. The van der Waals surface area contributed by atoms with Crippen LogP contribution in [0.5, 0.6) is 17.2 Å². The monoisotopic (exact) mass is 1100 g/mol. The largest absolute Gasteiger partial charge is 0.507 e. The average molecular weight is 1100 g/mol. The number of phenolic OH excluding ortho intramolecular Hbond substituents is 2. The topological polar surface area (TPSA) is 356 Å². The van der Waals surface area contributed by atoms with Gasteiger partial charge in [0.05, 0.1) is 78.6 Å². The van der Waals surface area contributed by atoms with E-state index >= 15 is 4.79 Å². The number of amides is 1. The van der Waals surface area contributed by atoms with Gasteiger partial charge in [0.15, 0.2) is 30.9 Å². The van der Waals surface area contributed by atoms with Crippen LogP contribution in [0, 0.1) is 12.8 Å². The molecule has 5 saturated heterocycles. The number of nitrogens with one attached hydrogen (secondary N) is 1. The van der Waals surface area contributed by atoms with Crippen molar-refractivity contribution in [3.05, 3.63) is 28.8 Å². The Labute approximate surface area is 444 Å². The Morgan fingerprint density at radius 2 is 1.21 bits per heavy atom. The van der Waals surface area contributed by atoms with Gasteiger partial charge in [-0.25, -0.2) is 0 Å². The molecule has 0 bridgehead atoms. The van der Waals surface area contributed by atoms with E-state index in [1.807, 2.05) is 0 Å². The lowest BCUT2D eigenvalue weighted by Crippen LogP contribution is -2.58. The average Bonchev–Trinajstić information content (AvgIpc) is 3.45. The maximum atomic E-state index is 15.0. The van der Waals surface area contributed by atoms with Crippen molar-refractivity contribution in [3.8, 4) is 17.2 Å². The van der Waals surface area contributed by atoms with Gasteiger partial charge in [-0.3, -0.25) is 14.4 Å². The van der Waals surface area contributed by atoms with Crippen LogP contribution in [0.1, 0.15) is 95.1 Å². The van der Waals surface area contributed by atoms with Gasteiger partial charge in [-0.2, -0.15) is 0 Å². The number of rotatable bonds is 15. The molecule has 0 aromatic heterocycles. The molecule has 6 aliphatic rings. The second-order valence-corrected chi connectivity index (χ2v) is 21.4. The van der Waals surface area contributed by atoms with Gasteiger partial charge in [0.25, 0.3) is 0 Å². The van der Waals surface area contributed by atoms with E-state index < -0.39 is 176 Å². The predicted octanol–water partition coefficient (Wildman–Crippen LogP) is -0.271. The van der Waals surface area contributed by atoms with Crippen LogP contribution in [0.15, 0.2) is 12.1 Å². The van der Waals surface area contributed by atoms with Crippen molar-refractivity contribution in [1.29, 1.82) is 0 Å². The predicted molar refractivity (Wildman–Crippen MR) is 261 cm³/mol. The molecule has 20 unspecified atom stereocenters. The van der Waals surface area contributed by atoms with E-state index in [1.54, 1.807) is 40.7 Å². The molecular weight excluding hydrogens is 1020 g/mol. The first-order chi connectivity index (χ1) is 36.3. The van der Waals surface area contributed by atoms with Crippen LogP contribution in [-0.4, -0.2) is 219 Å². The maximum absolute atomic E-state index is 15.0. The summed E-state index contributed by atoms with van der Waals surface area (Å²) in [6.45, 7) is 10.4. The van der Waals surface area contributed by atoms with Crippen molar-refractivity contribution in [1.82, 2.24) is 5.32 Å². The molecule has 8 rings (SSSR count). The number of phenols is 2. The number of methoxy groups -OCH3 is 2. The van der Waals surface area contributed by atoms with Gasteiger partial charge in [0.1, 0.15) is 66.5 Å². The molecule has 23 atom stereocenters. The lowest BCUT2D eigenvalue weighted by atomic mass is 9.76. The molecule has 5 aliphatic heterocycles. The second kappa shape index (κ2) is 24.0. The van der Waals surface area contributed by atoms with Crippen LogP contribution in [0.4, 0.5) is 0 Å². The van der Waals surface area contributed by atoms with E-state index in [2.05, 4.69) is 5.32 Å². The number of ether oxygens (including phenoxy) is 12. The number of benzene rings is 2. The number of esters is 1. The minimum atomic E-state index is -1.61. The third kappa shape index (κ3) is 12.5. The molecule has 77 heavy (non-hydrogen) atoms. The molecule has 10 N–H and O–H groups in total. The van der Waals surface area contributed by atoms with Gasteiger partial charge < -0.3 is 108 Å². The molecule has 0 saturated carbocycles. The molecule has 1 aliphatic carbocycles. The van der Waals surface area contributed by atoms with Crippen molar-refractivity contribution in [2.45, 2.75) is 222 Å². The highest BCUT2D eigenvalue weighted by atomic mass is 16.7. The van der Waals surface area contributed by atoms with E-state index in [0.29, 0.717) is 0 Å². The van der Waals surface area contributed by atoms with E-state index in [-0.39, 0.29) is 71.7 Å². The molecule has 25 nitrogen and oxygen atoms in total. The van der Waals surface area contributed by atoms with Crippen LogP contribution in [-0.2, 0) is 68.1 Å². The summed E-state index contributed by atoms with van der Waals surface area (Å²) in [5.74, 6) is -4.52. The third-order valence-electron chi connectivity index (χ3n) is 15.7. The molecule has 2 aromatic carbocycles. The van der Waals surface area contributed by atoms with Crippen molar-refractivity contribution in [2.75, 3.05) is 20.8 Å².